The van der Waals surface area contributed by atoms with Gasteiger partial charge in [0.1, 0.15) is 23.5 Å². The first kappa shape index (κ1) is 23.7. The number of halogens is 7. The smallest absolute Gasteiger partial charge is 0.453 e. The predicted octanol–water partition coefficient (Wildman–Crippen LogP) is 7.02. The zero-order valence-electron chi connectivity index (χ0n) is 16.0. The summed E-state index contributed by atoms with van der Waals surface area (Å²) < 4.78 is 107. The molecule has 0 saturated carbocycles. The van der Waals surface area contributed by atoms with Crippen LogP contribution in [0.2, 0.25) is 0 Å². The summed E-state index contributed by atoms with van der Waals surface area (Å²) in [6.45, 7) is 0. The van der Waals surface area contributed by atoms with Gasteiger partial charge in [-0.15, -0.1) is 26.3 Å². The summed E-state index contributed by atoms with van der Waals surface area (Å²) in [5, 5.41) is 0. The van der Waals surface area contributed by atoms with Crippen molar-refractivity contribution < 1.29 is 54.5 Å². The summed E-state index contributed by atoms with van der Waals surface area (Å²) in [5.74, 6) is -4.68. The molecule has 3 rings (SSSR count). The number of carbonyl (C=O) groups excluding carboxylic acids is 1. The van der Waals surface area contributed by atoms with Gasteiger partial charge in [0.2, 0.25) is 11.6 Å². The molecule has 0 spiro atoms. The highest BCUT2D eigenvalue weighted by molar-refractivity contribution is 5.74. The SMILES string of the molecule is O=Cc1ccc(Oc2c(Oc3ccc(OC(F)(F)F)cc3)ccc(OC(F)(F)F)c2F)cc1. The number of alkyl halides is 6. The van der Waals surface area contributed by atoms with Gasteiger partial charge in [-0.1, -0.05) is 0 Å². The van der Waals surface area contributed by atoms with Crippen LogP contribution in [0.25, 0.3) is 0 Å². The fourth-order valence-corrected chi connectivity index (χ4v) is 2.47. The van der Waals surface area contributed by atoms with Crippen molar-refractivity contribution in [2.24, 2.45) is 0 Å². The van der Waals surface area contributed by atoms with Crippen LogP contribution in [0.4, 0.5) is 30.7 Å². The number of benzene rings is 3. The van der Waals surface area contributed by atoms with E-state index < -0.39 is 41.5 Å². The Labute approximate surface area is 180 Å². The lowest BCUT2D eigenvalue weighted by atomic mass is 10.2. The standard InChI is InChI=1S/C21H11F7O5/c22-18-16(33-21(26,27)28)9-10-17(19(18)31-14-3-1-12(11-29)2-4-14)30-13-5-7-15(8-6-13)32-20(23,24)25/h1-11H. The van der Waals surface area contributed by atoms with E-state index in [2.05, 4.69) is 9.47 Å². The molecule has 0 fully saturated rings. The van der Waals surface area contributed by atoms with Crippen molar-refractivity contribution in [2.75, 3.05) is 0 Å². The molecule has 0 aromatic heterocycles. The van der Waals surface area contributed by atoms with Crippen LogP contribution < -0.4 is 18.9 Å². The Kier molecular flexibility index (Phi) is 6.65. The lowest BCUT2D eigenvalue weighted by Gasteiger charge is -2.16. The number of rotatable bonds is 7. The van der Waals surface area contributed by atoms with Gasteiger partial charge < -0.3 is 18.9 Å². The van der Waals surface area contributed by atoms with Crippen LogP contribution in [0.5, 0.6) is 34.5 Å². The molecule has 0 aliphatic carbocycles. The number of hydrogen-bond acceptors (Lipinski definition) is 5. The largest absolute Gasteiger partial charge is 0.573 e. The van der Waals surface area contributed by atoms with Crippen LogP contribution in [0.3, 0.4) is 0 Å². The molecule has 0 saturated heterocycles. The predicted molar refractivity (Wildman–Crippen MR) is 98.2 cm³/mol. The van der Waals surface area contributed by atoms with Crippen molar-refractivity contribution in [3.63, 3.8) is 0 Å². The van der Waals surface area contributed by atoms with Crippen LogP contribution in [0, 0.1) is 5.82 Å². The van der Waals surface area contributed by atoms with Gasteiger partial charge in [0.25, 0.3) is 0 Å². The molecule has 174 valence electrons. The maximum Gasteiger partial charge on any atom is 0.573 e. The van der Waals surface area contributed by atoms with Crippen molar-refractivity contribution in [1.29, 1.82) is 0 Å². The molecule has 0 N–H and O–H groups in total. The second kappa shape index (κ2) is 9.27. The summed E-state index contributed by atoms with van der Waals surface area (Å²) in [6, 6.07) is 10.6. The van der Waals surface area contributed by atoms with E-state index in [1.165, 1.54) is 24.3 Å². The van der Waals surface area contributed by atoms with Crippen molar-refractivity contribution in [1.82, 2.24) is 0 Å². The van der Waals surface area contributed by atoms with E-state index in [0.717, 1.165) is 30.3 Å². The number of hydrogen-bond donors (Lipinski definition) is 0. The Morgan fingerprint density at radius 3 is 1.64 bits per heavy atom. The van der Waals surface area contributed by atoms with Crippen molar-refractivity contribution in [3.8, 4) is 34.5 Å². The zero-order valence-corrected chi connectivity index (χ0v) is 16.0. The molecular weight excluding hydrogens is 465 g/mol. The monoisotopic (exact) mass is 476 g/mol. The van der Waals surface area contributed by atoms with Gasteiger partial charge in [-0.3, -0.25) is 4.79 Å². The van der Waals surface area contributed by atoms with Crippen molar-refractivity contribution >= 4 is 6.29 Å². The highest BCUT2D eigenvalue weighted by Gasteiger charge is 2.34. The highest BCUT2D eigenvalue weighted by Crippen LogP contribution is 2.42. The second-order valence-corrected chi connectivity index (χ2v) is 6.16. The fourth-order valence-electron chi connectivity index (χ4n) is 2.47. The van der Waals surface area contributed by atoms with Crippen LogP contribution >= 0.6 is 0 Å². The molecule has 0 atom stereocenters. The minimum absolute atomic E-state index is 0.0533. The van der Waals surface area contributed by atoms with Gasteiger partial charge in [0.05, 0.1) is 0 Å². The molecule has 33 heavy (non-hydrogen) atoms. The summed E-state index contributed by atoms with van der Waals surface area (Å²) >= 11 is 0. The maximum atomic E-state index is 14.8. The molecule has 0 radical (unpaired) electrons. The molecule has 0 bridgehead atoms. The van der Waals surface area contributed by atoms with E-state index in [-0.39, 0.29) is 17.1 Å². The van der Waals surface area contributed by atoms with Crippen molar-refractivity contribution in [2.45, 2.75) is 12.7 Å². The lowest BCUT2D eigenvalue weighted by molar-refractivity contribution is -0.276. The molecular formula is C21H11F7O5. The van der Waals surface area contributed by atoms with E-state index >= 15 is 0 Å². The molecule has 3 aromatic carbocycles. The number of ether oxygens (including phenoxy) is 4. The van der Waals surface area contributed by atoms with E-state index in [1.807, 2.05) is 0 Å². The molecule has 0 aliphatic heterocycles. The molecule has 0 heterocycles. The maximum absolute atomic E-state index is 14.8. The van der Waals surface area contributed by atoms with Crippen LogP contribution in [-0.4, -0.2) is 19.0 Å². The number of aldehydes is 1. The lowest BCUT2D eigenvalue weighted by Crippen LogP contribution is -2.18. The van der Waals surface area contributed by atoms with Crippen LogP contribution in [0.1, 0.15) is 10.4 Å². The Hall–Kier alpha value is -3.96. The normalized spacial score (nSPS) is 11.6. The van der Waals surface area contributed by atoms with E-state index in [1.54, 1.807) is 0 Å². The van der Waals surface area contributed by atoms with Gasteiger partial charge in [-0.2, -0.15) is 4.39 Å². The fraction of sp³-hybridized carbons (Fsp3) is 0.0952. The Bertz CT molecular complexity index is 1110. The molecule has 5 nitrogen and oxygen atoms in total. The van der Waals surface area contributed by atoms with Gasteiger partial charge in [-0.25, -0.2) is 0 Å². The van der Waals surface area contributed by atoms with Gasteiger partial charge in [-0.05, 0) is 60.7 Å². The second-order valence-electron chi connectivity index (χ2n) is 6.16. The average Bonchev–Trinajstić information content (AvgIpc) is 2.72. The summed E-state index contributed by atoms with van der Waals surface area (Å²) in [5.41, 5.74) is 0.259. The summed E-state index contributed by atoms with van der Waals surface area (Å²) in [4.78, 5) is 10.8. The first-order valence-corrected chi connectivity index (χ1v) is 8.78. The van der Waals surface area contributed by atoms with Gasteiger partial charge in [0.15, 0.2) is 11.5 Å². The van der Waals surface area contributed by atoms with E-state index in [9.17, 15) is 35.5 Å². The Morgan fingerprint density at radius 2 is 1.09 bits per heavy atom. The molecule has 0 aliphatic rings. The third-order valence-electron chi connectivity index (χ3n) is 3.77. The first-order chi connectivity index (χ1) is 15.4. The van der Waals surface area contributed by atoms with E-state index in [4.69, 9.17) is 9.47 Å². The van der Waals surface area contributed by atoms with Crippen LogP contribution in [-0.2, 0) is 0 Å². The Morgan fingerprint density at radius 1 is 0.606 bits per heavy atom. The first-order valence-electron chi connectivity index (χ1n) is 8.78. The third kappa shape index (κ3) is 6.76. The van der Waals surface area contributed by atoms with Gasteiger partial charge >= 0.3 is 12.7 Å². The molecule has 0 unspecified atom stereocenters. The van der Waals surface area contributed by atoms with E-state index in [0.29, 0.717) is 12.4 Å². The topological polar surface area (TPSA) is 54.0 Å². The summed E-state index contributed by atoms with van der Waals surface area (Å²) in [6.07, 6.45) is -9.58. The van der Waals surface area contributed by atoms with Crippen LogP contribution in [0.15, 0.2) is 60.7 Å². The minimum atomic E-state index is -5.19. The summed E-state index contributed by atoms with van der Waals surface area (Å²) in [7, 11) is 0. The third-order valence-corrected chi connectivity index (χ3v) is 3.77. The molecule has 3 aromatic rings. The zero-order chi connectivity index (χ0) is 24.2. The average molecular weight is 476 g/mol. The highest BCUT2D eigenvalue weighted by atomic mass is 19.4. The number of carbonyl (C=O) groups is 1. The minimum Gasteiger partial charge on any atom is -0.453 e. The Balaban J connectivity index is 1.93. The van der Waals surface area contributed by atoms with Crippen molar-refractivity contribution in [3.05, 3.63) is 72.0 Å². The molecule has 12 heteroatoms. The quantitative estimate of drug-likeness (QED) is 0.271. The molecule has 0 amide bonds. The van der Waals surface area contributed by atoms with Gasteiger partial charge in [0, 0.05) is 5.56 Å².